The van der Waals surface area contributed by atoms with Gasteiger partial charge in [0.2, 0.25) is 0 Å². The summed E-state index contributed by atoms with van der Waals surface area (Å²) in [4.78, 5) is 18.9. The van der Waals surface area contributed by atoms with E-state index >= 15 is 0 Å². The minimum Gasteiger partial charge on any atom is -0.265 e. The quantitative estimate of drug-likeness (QED) is 0.185. The SMILES string of the molecule is c1cncc(-c2ccc(-c3cc(-c4ccc5c6ccccc6c6ccccc6c6ccccc6c6ccccc6c5c4)nc(-c4ccncc4)n3)cc2)c1. The number of fused-ring (bicyclic) bond motifs is 10. The molecule has 0 saturated carbocycles. The van der Waals surface area contributed by atoms with E-state index in [1.165, 1.54) is 48.5 Å². The van der Waals surface area contributed by atoms with Crippen LogP contribution in [0.3, 0.4) is 0 Å². The van der Waals surface area contributed by atoms with E-state index in [9.17, 15) is 0 Å². The highest BCUT2D eigenvalue weighted by atomic mass is 14.9. The molecule has 0 fully saturated rings. The summed E-state index contributed by atoms with van der Waals surface area (Å²) >= 11 is 0. The zero-order valence-corrected chi connectivity index (χ0v) is 29.3. The van der Waals surface area contributed by atoms with Gasteiger partial charge >= 0.3 is 0 Å². The van der Waals surface area contributed by atoms with E-state index in [1.807, 2.05) is 24.4 Å². The highest BCUT2D eigenvalue weighted by Crippen LogP contribution is 2.38. The molecule has 10 rings (SSSR count). The van der Waals surface area contributed by atoms with Crippen molar-refractivity contribution in [1.82, 2.24) is 19.9 Å². The summed E-state index contributed by atoms with van der Waals surface area (Å²) in [6.07, 6.45) is 7.25. The molecule has 0 atom stereocenters. The minimum atomic E-state index is 0.651. The van der Waals surface area contributed by atoms with Crippen LogP contribution in [0, 0.1) is 0 Å². The zero-order chi connectivity index (χ0) is 35.8. The molecule has 3 aromatic heterocycles. The van der Waals surface area contributed by atoms with Crippen molar-refractivity contribution < 1.29 is 0 Å². The number of rotatable bonds is 4. The van der Waals surface area contributed by atoms with E-state index in [0.717, 1.165) is 44.6 Å². The predicted molar refractivity (Wildman–Crippen MR) is 225 cm³/mol. The van der Waals surface area contributed by atoms with Crippen molar-refractivity contribution >= 4 is 53.9 Å². The number of nitrogens with zero attached hydrogens (tertiary/aromatic N) is 4. The van der Waals surface area contributed by atoms with Crippen LogP contribution in [0.4, 0.5) is 0 Å². The van der Waals surface area contributed by atoms with Crippen LogP contribution in [-0.4, -0.2) is 19.9 Å². The first-order valence-corrected chi connectivity index (χ1v) is 18.1. The number of hydrogen-bond donors (Lipinski definition) is 0. The first-order chi connectivity index (χ1) is 26.8. The Kier molecular flexibility index (Phi) is 7.77. The van der Waals surface area contributed by atoms with Crippen LogP contribution in [0.2, 0.25) is 0 Å². The lowest BCUT2D eigenvalue weighted by Gasteiger charge is -2.12. The van der Waals surface area contributed by atoms with E-state index in [1.54, 1.807) is 18.6 Å². The minimum absolute atomic E-state index is 0.651. The first kappa shape index (κ1) is 31.4. The van der Waals surface area contributed by atoms with E-state index in [2.05, 4.69) is 162 Å². The Morgan fingerprint density at radius 1 is 0.259 bits per heavy atom. The number of hydrogen-bond acceptors (Lipinski definition) is 4. The molecule has 0 saturated heterocycles. The molecule has 7 aromatic carbocycles. The summed E-state index contributed by atoms with van der Waals surface area (Å²) in [5.74, 6) is 0.651. The fourth-order valence-corrected chi connectivity index (χ4v) is 7.71. The molecule has 0 N–H and O–H groups in total. The summed E-state index contributed by atoms with van der Waals surface area (Å²) in [5, 5.41) is 11.9. The van der Waals surface area contributed by atoms with Crippen molar-refractivity contribution in [1.29, 1.82) is 0 Å². The van der Waals surface area contributed by atoms with Crippen molar-refractivity contribution in [3.63, 3.8) is 0 Å². The standard InChI is InChI=1S/C50H32N4/c1-2-13-40-38(11-1)39-12-3-4-14-41(39)43-16-7-8-18-45(43)47-30-36(23-24-46(47)44-17-6-5-15-42(40)44)49-31-48(53-50(54-49)35-25-28-51-29-26-35)34-21-19-33(20-22-34)37-10-9-27-52-32-37/h1-32H. The topological polar surface area (TPSA) is 51.6 Å². The molecule has 0 bridgehead atoms. The second-order valence-corrected chi connectivity index (χ2v) is 13.5. The van der Waals surface area contributed by atoms with Gasteiger partial charge in [0, 0.05) is 41.5 Å². The normalized spacial score (nSPS) is 11.3. The lowest BCUT2D eigenvalue weighted by molar-refractivity contribution is 1.18. The van der Waals surface area contributed by atoms with E-state index < -0.39 is 0 Å². The Labute approximate surface area is 312 Å². The lowest BCUT2D eigenvalue weighted by atomic mass is 9.93. The van der Waals surface area contributed by atoms with E-state index in [-0.39, 0.29) is 0 Å². The Morgan fingerprint density at radius 2 is 0.704 bits per heavy atom. The highest BCUT2D eigenvalue weighted by molar-refractivity contribution is 6.26. The lowest BCUT2D eigenvalue weighted by Crippen LogP contribution is -1.96. The van der Waals surface area contributed by atoms with Crippen LogP contribution in [0.25, 0.3) is 98.9 Å². The van der Waals surface area contributed by atoms with Crippen LogP contribution in [0.1, 0.15) is 0 Å². The number of aromatic nitrogens is 4. The van der Waals surface area contributed by atoms with Crippen molar-refractivity contribution in [2.45, 2.75) is 0 Å². The van der Waals surface area contributed by atoms with Crippen LogP contribution in [-0.2, 0) is 0 Å². The summed E-state index contributed by atoms with van der Waals surface area (Å²) in [6, 6.07) is 60.5. The molecule has 10 aromatic rings. The van der Waals surface area contributed by atoms with Crippen LogP contribution in [0.5, 0.6) is 0 Å². The summed E-state index contributed by atoms with van der Waals surface area (Å²) in [5.41, 5.74) is 6.80. The Morgan fingerprint density at radius 3 is 1.20 bits per heavy atom. The summed E-state index contributed by atoms with van der Waals surface area (Å²) in [6.45, 7) is 0. The molecule has 0 unspecified atom stereocenters. The van der Waals surface area contributed by atoms with E-state index in [0.29, 0.717) is 5.82 Å². The van der Waals surface area contributed by atoms with Crippen LogP contribution in [0.15, 0.2) is 195 Å². The van der Waals surface area contributed by atoms with Crippen molar-refractivity contribution in [3.8, 4) is 45.0 Å². The van der Waals surface area contributed by atoms with Gasteiger partial charge in [-0.2, -0.15) is 0 Å². The molecule has 0 aliphatic carbocycles. The smallest absolute Gasteiger partial charge is 0.160 e. The number of pyridine rings is 2. The molecule has 54 heavy (non-hydrogen) atoms. The Bertz CT molecular complexity index is 3010. The van der Waals surface area contributed by atoms with Gasteiger partial charge in [-0.3, -0.25) is 9.97 Å². The van der Waals surface area contributed by atoms with E-state index in [4.69, 9.17) is 9.97 Å². The van der Waals surface area contributed by atoms with Gasteiger partial charge in [0.25, 0.3) is 0 Å². The molecule has 4 nitrogen and oxygen atoms in total. The average molecular weight is 689 g/mol. The van der Waals surface area contributed by atoms with Gasteiger partial charge in [0.1, 0.15) is 0 Å². The van der Waals surface area contributed by atoms with Crippen molar-refractivity contribution in [2.24, 2.45) is 0 Å². The van der Waals surface area contributed by atoms with Gasteiger partial charge in [-0.25, -0.2) is 9.97 Å². The van der Waals surface area contributed by atoms with Crippen LogP contribution >= 0.6 is 0 Å². The Balaban J connectivity index is 1.28. The average Bonchev–Trinajstić information content (AvgIpc) is 3.26. The molecule has 0 aliphatic heterocycles. The fraction of sp³-hybridized carbons (Fsp3) is 0. The second kappa shape index (κ2) is 13.4. The van der Waals surface area contributed by atoms with Gasteiger partial charge in [0.05, 0.1) is 11.4 Å². The van der Waals surface area contributed by atoms with Gasteiger partial charge in [-0.05, 0) is 95.3 Å². The maximum atomic E-state index is 5.21. The highest BCUT2D eigenvalue weighted by Gasteiger charge is 2.14. The zero-order valence-electron chi connectivity index (χ0n) is 29.3. The van der Waals surface area contributed by atoms with Gasteiger partial charge in [-0.1, -0.05) is 140 Å². The summed E-state index contributed by atoms with van der Waals surface area (Å²) < 4.78 is 0. The molecule has 3 heterocycles. The second-order valence-electron chi connectivity index (χ2n) is 13.5. The molecule has 252 valence electrons. The molecule has 0 aliphatic rings. The maximum Gasteiger partial charge on any atom is 0.160 e. The molecule has 0 radical (unpaired) electrons. The molecular formula is C50H32N4. The largest absolute Gasteiger partial charge is 0.265 e. The molecule has 0 amide bonds. The van der Waals surface area contributed by atoms with Gasteiger partial charge in [-0.15, -0.1) is 0 Å². The molecule has 4 heteroatoms. The third-order valence-electron chi connectivity index (χ3n) is 10.3. The fourth-order valence-electron chi connectivity index (χ4n) is 7.71. The molecular weight excluding hydrogens is 657 g/mol. The number of benzene rings is 6. The first-order valence-electron chi connectivity index (χ1n) is 18.1. The predicted octanol–water partition coefficient (Wildman–Crippen LogP) is 12.8. The summed E-state index contributed by atoms with van der Waals surface area (Å²) in [7, 11) is 0. The Hall–Kier alpha value is -7.30. The maximum absolute atomic E-state index is 5.21. The van der Waals surface area contributed by atoms with Crippen molar-refractivity contribution in [3.05, 3.63) is 195 Å². The third kappa shape index (κ3) is 5.58. The monoisotopic (exact) mass is 688 g/mol. The van der Waals surface area contributed by atoms with Crippen molar-refractivity contribution in [2.75, 3.05) is 0 Å². The van der Waals surface area contributed by atoms with Crippen LogP contribution < -0.4 is 0 Å². The van der Waals surface area contributed by atoms with Gasteiger partial charge < -0.3 is 0 Å². The third-order valence-corrected chi connectivity index (χ3v) is 10.3. The van der Waals surface area contributed by atoms with Gasteiger partial charge in [0.15, 0.2) is 5.82 Å². The molecule has 0 spiro atoms.